The van der Waals surface area contributed by atoms with Gasteiger partial charge in [0.25, 0.3) is 11.6 Å². The summed E-state index contributed by atoms with van der Waals surface area (Å²) < 4.78 is 0. The van der Waals surface area contributed by atoms with Crippen LogP contribution in [-0.2, 0) is 6.54 Å². The van der Waals surface area contributed by atoms with E-state index in [1.54, 1.807) is 24.0 Å². The van der Waals surface area contributed by atoms with Crippen LogP contribution >= 0.6 is 0 Å². The number of nitro groups is 1. The van der Waals surface area contributed by atoms with Crippen LogP contribution < -0.4 is 0 Å². The first-order valence-electron chi connectivity index (χ1n) is 8.77. The van der Waals surface area contributed by atoms with E-state index in [4.69, 9.17) is 0 Å². The third-order valence-electron chi connectivity index (χ3n) is 4.88. The monoisotopic (exact) mass is 353 g/mol. The first-order chi connectivity index (χ1) is 12.5. The van der Waals surface area contributed by atoms with Crippen LogP contribution in [0.3, 0.4) is 0 Å². The predicted molar refractivity (Wildman–Crippen MR) is 100 cm³/mol. The summed E-state index contributed by atoms with van der Waals surface area (Å²) in [5.41, 5.74) is 3.38. The lowest BCUT2D eigenvalue weighted by molar-refractivity contribution is -0.385. The Morgan fingerprint density at radius 1 is 1.08 bits per heavy atom. The van der Waals surface area contributed by atoms with Crippen LogP contribution in [0.15, 0.2) is 42.5 Å². The number of hydrogen-bond donors (Lipinski definition) is 0. The van der Waals surface area contributed by atoms with Crippen LogP contribution in [0.25, 0.3) is 0 Å². The van der Waals surface area contributed by atoms with Gasteiger partial charge in [0.05, 0.1) is 4.92 Å². The summed E-state index contributed by atoms with van der Waals surface area (Å²) in [4.78, 5) is 27.6. The second kappa shape index (κ2) is 7.66. The second-order valence-corrected chi connectivity index (χ2v) is 6.76. The van der Waals surface area contributed by atoms with Gasteiger partial charge in [-0.3, -0.25) is 19.8 Å². The van der Waals surface area contributed by atoms with Crippen LogP contribution in [0, 0.1) is 24.0 Å². The fourth-order valence-corrected chi connectivity index (χ4v) is 3.40. The zero-order valence-corrected chi connectivity index (χ0v) is 15.1. The number of amides is 1. The summed E-state index contributed by atoms with van der Waals surface area (Å²) in [6.07, 6.45) is 0. The minimum absolute atomic E-state index is 0.00562. The van der Waals surface area contributed by atoms with Crippen LogP contribution in [0.1, 0.15) is 27.0 Å². The average Bonchev–Trinajstić information content (AvgIpc) is 2.62. The van der Waals surface area contributed by atoms with Crippen molar-refractivity contribution in [3.63, 3.8) is 0 Å². The van der Waals surface area contributed by atoms with Gasteiger partial charge < -0.3 is 4.90 Å². The highest BCUT2D eigenvalue weighted by Crippen LogP contribution is 2.23. The number of nitrogens with zero attached hydrogens (tertiary/aromatic N) is 3. The number of hydrogen-bond acceptors (Lipinski definition) is 4. The van der Waals surface area contributed by atoms with Crippen LogP contribution in [0.2, 0.25) is 0 Å². The summed E-state index contributed by atoms with van der Waals surface area (Å²) in [5.74, 6) is -0.124. The Bertz CT molecular complexity index is 827. The number of piperazine rings is 1. The topological polar surface area (TPSA) is 66.7 Å². The lowest BCUT2D eigenvalue weighted by Crippen LogP contribution is -2.48. The molecule has 2 aromatic carbocycles. The molecule has 26 heavy (non-hydrogen) atoms. The zero-order chi connectivity index (χ0) is 18.7. The van der Waals surface area contributed by atoms with Gasteiger partial charge in [-0.25, -0.2) is 0 Å². The first-order valence-corrected chi connectivity index (χ1v) is 8.77. The number of carbonyl (C=O) groups excluding carboxylic acids is 1. The number of benzene rings is 2. The highest BCUT2D eigenvalue weighted by molar-refractivity contribution is 5.96. The van der Waals surface area contributed by atoms with E-state index in [1.807, 2.05) is 0 Å². The minimum atomic E-state index is -0.439. The largest absolute Gasteiger partial charge is 0.336 e. The molecule has 136 valence electrons. The maximum absolute atomic E-state index is 12.8. The molecule has 2 aromatic rings. The lowest BCUT2D eigenvalue weighted by atomic mass is 10.1. The van der Waals surface area contributed by atoms with Gasteiger partial charge in [0.15, 0.2) is 0 Å². The molecule has 0 bridgehead atoms. The molecule has 0 unspecified atom stereocenters. The molecule has 1 heterocycles. The highest BCUT2D eigenvalue weighted by Gasteiger charge is 2.25. The Balaban J connectivity index is 1.64. The Morgan fingerprint density at radius 2 is 1.77 bits per heavy atom. The maximum atomic E-state index is 12.8. The van der Waals surface area contributed by atoms with Crippen molar-refractivity contribution in [1.29, 1.82) is 0 Å². The Labute approximate surface area is 153 Å². The molecule has 0 spiro atoms. The standard InChI is InChI=1S/C20H23N3O3/c1-15-5-3-6-17(13-15)14-21-9-11-22(12-10-21)20(24)18-7-4-8-19(16(18)2)23(25)26/h3-8,13H,9-12,14H2,1-2H3. The van der Waals surface area contributed by atoms with E-state index in [9.17, 15) is 14.9 Å². The van der Waals surface area contributed by atoms with Crippen LogP contribution in [0.5, 0.6) is 0 Å². The van der Waals surface area contributed by atoms with E-state index >= 15 is 0 Å². The normalized spacial score (nSPS) is 15.1. The molecule has 0 radical (unpaired) electrons. The van der Waals surface area contributed by atoms with Gasteiger partial charge in [-0.15, -0.1) is 0 Å². The van der Waals surface area contributed by atoms with E-state index in [1.165, 1.54) is 17.2 Å². The number of aryl methyl sites for hydroxylation is 1. The van der Waals surface area contributed by atoms with Crippen molar-refractivity contribution in [2.75, 3.05) is 26.2 Å². The molecule has 1 aliphatic heterocycles. The number of nitro benzene ring substituents is 1. The van der Waals surface area contributed by atoms with Crippen LogP contribution in [0.4, 0.5) is 5.69 Å². The molecule has 0 N–H and O–H groups in total. The van der Waals surface area contributed by atoms with Gasteiger partial charge in [0.2, 0.25) is 0 Å². The van der Waals surface area contributed by atoms with Crippen molar-refractivity contribution >= 4 is 11.6 Å². The fourth-order valence-electron chi connectivity index (χ4n) is 3.40. The Kier molecular flexibility index (Phi) is 5.32. The zero-order valence-electron chi connectivity index (χ0n) is 15.1. The SMILES string of the molecule is Cc1cccc(CN2CCN(C(=O)c3cccc([N+](=O)[O-])c3C)CC2)c1. The van der Waals surface area contributed by atoms with E-state index < -0.39 is 4.92 Å². The van der Waals surface area contributed by atoms with Gasteiger partial charge in [-0.2, -0.15) is 0 Å². The predicted octanol–water partition coefficient (Wildman–Crippen LogP) is 3.17. The minimum Gasteiger partial charge on any atom is -0.336 e. The van der Waals surface area contributed by atoms with Crippen molar-refractivity contribution in [3.05, 3.63) is 74.8 Å². The van der Waals surface area contributed by atoms with Gasteiger partial charge in [0, 0.05) is 49.9 Å². The molecule has 1 aliphatic rings. The molecule has 1 saturated heterocycles. The summed E-state index contributed by atoms with van der Waals surface area (Å²) in [7, 11) is 0. The van der Waals surface area contributed by atoms with E-state index in [2.05, 4.69) is 36.1 Å². The molecule has 0 aromatic heterocycles. The summed E-state index contributed by atoms with van der Waals surface area (Å²) >= 11 is 0. The van der Waals surface area contributed by atoms with Crippen LogP contribution in [-0.4, -0.2) is 46.8 Å². The molecule has 6 nitrogen and oxygen atoms in total. The lowest BCUT2D eigenvalue weighted by Gasteiger charge is -2.35. The van der Waals surface area contributed by atoms with Gasteiger partial charge in [-0.1, -0.05) is 35.9 Å². The second-order valence-electron chi connectivity index (χ2n) is 6.76. The quantitative estimate of drug-likeness (QED) is 0.625. The molecule has 0 atom stereocenters. The molecule has 0 aliphatic carbocycles. The molecular weight excluding hydrogens is 330 g/mol. The Hall–Kier alpha value is -2.73. The van der Waals surface area contributed by atoms with Crippen molar-refractivity contribution in [1.82, 2.24) is 9.80 Å². The third kappa shape index (κ3) is 3.91. The van der Waals surface area contributed by atoms with Gasteiger partial charge >= 0.3 is 0 Å². The van der Waals surface area contributed by atoms with Crippen molar-refractivity contribution < 1.29 is 9.72 Å². The van der Waals surface area contributed by atoms with Crippen molar-refractivity contribution in [3.8, 4) is 0 Å². The molecular formula is C20H23N3O3. The molecule has 1 fully saturated rings. The van der Waals surface area contributed by atoms with E-state index in [0.29, 0.717) is 24.2 Å². The van der Waals surface area contributed by atoms with Gasteiger partial charge in [0.1, 0.15) is 0 Å². The van der Waals surface area contributed by atoms with Gasteiger partial charge in [-0.05, 0) is 25.5 Å². The summed E-state index contributed by atoms with van der Waals surface area (Å²) in [5, 5.41) is 11.1. The number of rotatable bonds is 4. The summed E-state index contributed by atoms with van der Waals surface area (Å²) in [6, 6.07) is 13.1. The molecule has 0 saturated carbocycles. The maximum Gasteiger partial charge on any atom is 0.273 e. The fraction of sp³-hybridized carbons (Fsp3) is 0.350. The Morgan fingerprint density at radius 3 is 2.42 bits per heavy atom. The van der Waals surface area contributed by atoms with E-state index in [0.717, 1.165) is 19.6 Å². The molecule has 6 heteroatoms. The number of carbonyl (C=O) groups is 1. The third-order valence-corrected chi connectivity index (χ3v) is 4.88. The highest BCUT2D eigenvalue weighted by atomic mass is 16.6. The van der Waals surface area contributed by atoms with E-state index in [-0.39, 0.29) is 11.6 Å². The first kappa shape index (κ1) is 18.1. The molecule has 3 rings (SSSR count). The summed E-state index contributed by atoms with van der Waals surface area (Å²) in [6.45, 7) is 7.46. The smallest absolute Gasteiger partial charge is 0.273 e. The molecule has 1 amide bonds. The van der Waals surface area contributed by atoms with Crippen molar-refractivity contribution in [2.45, 2.75) is 20.4 Å². The average molecular weight is 353 g/mol. The van der Waals surface area contributed by atoms with Crippen molar-refractivity contribution in [2.24, 2.45) is 0 Å².